The lowest BCUT2D eigenvalue weighted by molar-refractivity contribution is 0.470. The van der Waals surface area contributed by atoms with Crippen LogP contribution in [0.2, 0.25) is 0 Å². The molecule has 12 heavy (non-hydrogen) atoms. The molecule has 0 unspecified atom stereocenters. The Morgan fingerprint density at radius 2 is 2.08 bits per heavy atom. The van der Waals surface area contributed by atoms with Gasteiger partial charge < -0.3 is 0 Å². The summed E-state index contributed by atoms with van der Waals surface area (Å²) < 4.78 is 2.63. The van der Waals surface area contributed by atoms with Gasteiger partial charge in [-0.15, -0.1) is 0 Å². The monoisotopic (exact) mass is 170 g/mol. The van der Waals surface area contributed by atoms with Crippen molar-refractivity contribution in [2.75, 3.05) is 0 Å². The van der Waals surface area contributed by atoms with E-state index in [4.69, 9.17) is 0 Å². The van der Waals surface area contributed by atoms with Gasteiger partial charge in [-0.25, -0.2) is 4.79 Å². The van der Waals surface area contributed by atoms with Crippen LogP contribution in [0.3, 0.4) is 0 Å². The van der Waals surface area contributed by atoms with Crippen molar-refractivity contribution in [1.82, 2.24) is 19.8 Å². The fourth-order valence-electron chi connectivity index (χ4n) is 0.873. The van der Waals surface area contributed by atoms with Gasteiger partial charge in [0.1, 0.15) is 0 Å². The predicted molar refractivity (Wildman–Crippen MR) is 44.7 cm³/mol. The van der Waals surface area contributed by atoms with E-state index in [2.05, 4.69) is 24.3 Å². The van der Waals surface area contributed by atoms with Crippen LogP contribution in [-0.2, 0) is 13.6 Å². The zero-order chi connectivity index (χ0) is 9.14. The zero-order valence-corrected chi connectivity index (χ0v) is 7.69. The minimum atomic E-state index is -0.143. The topological polar surface area (TPSA) is 52.7 Å². The van der Waals surface area contributed by atoms with E-state index in [1.54, 1.807) is 7.05 Å². The molecule has 1 aromatic heterocycles. The largest absolute Gasteiger partial charge is 0.363 e. The first-order valence-electron chi connectivity index (χ1n) is 4.08. The van der Waals surface area contributed by atoms with Gasteiger partial charge >= 0.3 is 5.69 Å². The van der Waals surface area contributed by atoms with E-state index in [1.807, 2.05) is 0 Å². The number of aromatic nitrogens is 4. The molecule has 68 valence electrons. The van der Waals surface area contributed by atoms with Gasteiger partial charge in [0.05, 0.1) is 0 Å². The second kappa shape index (κ2) is 3.51. The maximum Gasteiger partial charge on any atom is 0.363 e. The second-order valence-corrected chi connectivity index (χ2v) is 3.29. The SMILES string of the molecule is CC(C)CCn1nnn(C)c1=O. The van der Waals surface area contributed by atoms with Crippen LogP contribution in [0.1, 0.15) is 20.3 Å². The maximum atomic E-state index is 11.2. The quantitative estimate of drug-likeness (QED) is 0.642. The number of hydrogen-bond acceptors (Lipinski definition) is 3. The van der Waals surface area contributed by atoms with Gasteiger partial charge in [0, 0.05) is 13.6 Å². The van der Waals surface area contributed by atoms with Crippen LogP contribution in [-0.4, -0.2) is 19.8 Å². The van der Waals surface area contributed by atoms with E-state index in [-0.39, 0.29) is 5.69 Å². The van der Waals surface area contributed by atoms with Crippen molar-refractivity contribution in [2.45, 2.75) is 26.8 Å². The molecule has 0 atom stereocenters. The standard InChI is InChI=1S/C7H14N4O/c1-6(2)4-5-11-7(12)10(3)8-9-11/h6H,4-5H2,1-3H3. The van der Waals surface area contributed by atoms with Crippen molar-refractivity contribution in [3.8, 4) is 0 Å². The Morgan fingerprint density at radius 1 is 1.42 bits per heavy atom. The third-order valence-electron chi connectivity index (χ3n) is 1.70. The summed E-state index contributed by atoms with van der Waals surface area (Å²) in [6.45, 7) is 4.88. The molecule has 0 amide bonds. The van der Waals surface area contributed by atoms with Crippen molar-refractivity contribution in [1.29, 1.82) is 0 Å². The van der Waals surface area contributed by atoms with Gasteiger partial charge in [-0.2, -0.15) is 9.36 Å². The lowest BCUT2D eigenvalue weighted by atomic mass is 10.1. The molecule has 0 fully saturated rings. The van der Waals surface area contributed by atoms with Gasteiger partial charge in [-0.05, 0) is 22.8 Å². The third kappa shape index (κ3) is 1.93. The lowest BCUT2D eigenvalue weighted by Gasteiger charge is -2.01. The van der Waals surface area contributed by atoms with Crippen LogP contribution in [0.15, 0.2) is 4.79 Å². The first-order chi connectivity index (χ1) is 5.61. The molecule has 1 aromatic rings. The molecule has 1 heterocycles. The highest BCUT2D eigenvalue weighted by molar-refractivity contribution is 4.56. The van der Waals surface area contributed by atoms with Crippen molar-refractivity contribution in [2.24, 2.45) is 13.0 Å². The fraction of sp³-hybridized carbons (Fsp3) is 0.857. The summed E-state index contributed by atoms with van der Waals surface area (Å²) in [6, 6.07) is 0. The maximum absolute atomic E-state index is 11.2. The Hall–Kier alpha value is -1.13. The van der Waals surface area contributed by atoms with E-state index in [1.165, 1.54) is 9.36 Å². The van der Waals surface area contributed by atoms with Crippen molar-refractivity contribution in [3.63, 3.8) is 0 Å². The molecule has 0 aliphatic rings. The molecule has 5 nitrogen and oxygen atoms in total. The molecule has 1 rings (SSSR count). The van der Waals surface area contributed by atoms with Gasteiger partial charge in [0.25, 0.3) is 0 Å². The predicted octanol–water partition coefficient (Wildman–Crippen LogP) is 0.0229. The van der Waals surface area contributed by atoms with E-state index in [0.717, 1.165) is 6.42 Å². The Balaban J connectivity index is 2.64. The average Bonchev–Trinajstić information content (AvgIpc) is 2.30. The summed E-state index contributed by atoms with van der Waals surface area (Å²) in [5.41, 5.74) is -0.143. The molecule has 5 heteroatoms. The summed E-state index contributed by atoms with van der Waals surface area (Å²) >= 11 is 0. The van der Waals surface area contributed by atoms with Crippen molar-refractivity contribution in [3.05, 3.63) is 10.5 Å². The summed E-state index contributed by atoms with van der Waals surface area (Å²) in [5.74, 6) is 0.582. The minimum absolute atomic E-state index is 0.143. The van der Waals surface area contributed by atoms with Crippen LogP contribution in [0.25, 0.3) is 0 Å². The summed E-state index contributed by atoms with van der Waals surface area (Å²) in [6.07, 6.45) is 0.957. The molecule has 0 aliphatic heterocycles. The van der Waals surface area contributed by atoms with Gasteiger partial charge in [0.15, 0.2) is 0 Å². The molecule has 0 spiro atoms. The molecule has 0 bridgehead atoms. The highest BCUT2D eigenvalue weighted by Crippen LogP contribution is 1.98. The van der Waals surface area contributed by atoms with Crippen LogP contribution in [0, 0.1) is 5.92 Å². The van der Waals surface area contributed by atoms with Crippen molar-refractivity contribution < 1.29 is 0 Å². The second-order valence-electron chi connectivity index (χ2n) is 3.29. The van der Waals surface area contributed by atoms with Crippen LogP contribution < -0.4 is 5.69 Å². The van der Waals surface area contributed by atoms with Crippen LogP contribution >= 0.6 is 0 Å². The highest BCUT2D eigenvalue weighted by atomic mass is 16.2. The average molecular weight is 170 g/mol. The normalized spacial score (nSPS) is 11.0. The first-order valence-corrected chi connectivity index (χ1v) is 4.08. The van der Waals surface area contributed by atoms with Gasteiger partial charge in [-0.1, -0.05) is 13.8 Å². The smallest absolute Gasteiger partial charge is 0.244 e. The van der Waals surface area contributed by atoms with Crippen LogP contribution in [0.4, 0.5) is 0 Å². The summed E-state index contributed by atoms with van der Waals surface area (Å²) in [4.78, 5) is 11.2. The highest BCUT2D eigenvalue weighted by Gasteiger charge is 2.02. The summed E-state index contributed by atoms with van der Waals surface area (Å²) in [5, 5.41) is 7.32. The first kappa shape index (κ1) is 8.96. The van der Waals surface area contributed by atoms with Gasteiger partial charge in [0.2, 0.25) is 0 Å². The molecule has 0 N–H and O–H groups in total. The molecular formula is C7H14N4O. The molecule has 0 saturated carbocycles. The fourth-order valence-corrected chi connectivity index (χ4v) is 0.873. The number of hydrogen-bond donors (Lipinski definition) is 0. The van der Waals surface area contributed by atoms with Crippen LogP contribution in [0.5, 0.6) is 0 Å². The van der Waals surface area contributed by atoms with E-state index in [0.29, 0.717) is 12.5 Å². The molecule has 0 aromatic carbocycles. The molecule has 0 radical (unpaired) electrons. The minimum Gasteiger partial charge on any atom is -0.244 e. The van der Waals surface area contributed by atoms with E-state index < -0.39 is 0 Å². The lowest BCUT2D eigenvalue weighted by Crippen LogP contribution is -2.23. The zero-order valence-electron chi connectivity index (χ0n) is 7.69. The Morgan fingerprint density at radius 3 is 2.50 bits per heavy atom. The Labute approximate surface area is 71.0 Å². The number of nitrogens with zero attached hydrogens (tertiary/aromatic N) is 4. The molecule has 0 saturated heterocycles. The summed E-state index contributed by atoms with van der Waals surface area (Å²) in [7, 11) is 1.60. The number of aryl methyl sites for hydroxylation is 2. The van der Waals surface area contributed by atoms with E-state index >= 15 is 0 Å². The Bertz CT molecular complexity index is 299. The number of rotatable bonds is 3. The van der Waals surface area contributed by atoms with Crippen molar-refractivity contribution >= 4 is 0 Å². The van der Waals surface area contributed by atoms with E-state index in [9.17, 15) is 4.79 Å². The van der Waals surface area contributed by atoms with Gasteiger partial charge in [-0.3, -0.25) is 0 Å². The molecular weight excluding hydrogens is 156 g/mol. The molecule has 0 aliphatic carbocycles. The Kier molecular flexibility index (Phi) is 2.62. The third-order valence-corrected chi connectivity index (χ3v) is 1.70. The number of tetrazole rings is 1.